The summed E-state index contributed by atoms with van der Waals surface area (Å²) in [5.41, 5.74) is 3.93. The molecule has 2 heterocycles. The Kier molecular flexibility index (Phi) is 10.4. The topological polar surface area (TPSA) is 125 Å². The second kappa shape index (κ2) is 14.2. The minimum Gasteiger partial charge on any atom is -0.462 e. The van der Waals surface area contributed by atoms with Crippen LogP contribution in [0.4, 0.5) is 5.69 Å². The molecule has 0 radical (unpaired) electrons. The number of para-hydroxylation sites is 1. The average molecular weight is 578 g/mol. The zero-order valence-corrected chi connectivity index (χ0v) is 24.7. The van der Waals surface area contributed by atoms with Gasteiger partial charge in [-0.15, -0.1) is 5.10 Å². The van der Waals surface area contributed by atoms with Crippen LogP contribution in [0.2, 0.25) is 0 Å². The fourth-order valence-corrected chi connectivity index (χ4v) is 4.96. The highest BCUT2D eigenvalue weighted by atomic mass is 16.6. The van der Waals surface area contributed by atoms with E-state index in [4.69, 9.17) is 14.2 Å². The van der Waals surface area contributed by atoms with Gasteiger partial charge in [-0.25, -0.2) is 4.68 Å². The Hall–Kier alpha value is -4.09. The molecule has 0 aliphatic carbocycles. The summed E-state index contributed by atoms with van der Waals surface area (Å²) in [5, 5.41) is 11.7. The van der Waals surface area contributed by atoms with Gasteiger partial charge in [0.15, 0.2) is 0 Å². The van der Waals surface area contributed by atoms with Crippen LogP contribution in [0.15, 0.2) is 48.5 Å². The summed E-state index contributed by atoms with van der Waals surface area (Å²) in [6, 6.07) is 15.1. The summed E-state index contributed by atoms with van der Waals surface area (Å²) >= 11 is 0. The van der Waals surface area contributed by atoms with Crippen LogP contribution in [0, 0.1) is 0 Å². The van der Waals surface area contributed by atoms with Crippen molar-refractivity contribution in [1.29, 1.82) is 0 Å². The average Bonchev–Trinajstić information content (AvgIpc) is 3.36. The van der Waals surface area contributed by atoms with Gasteiger partial charge < -0.3 is 24.4 Å². The molecule has 4 rings (SSSR count). The zero-order valence-electron chi connectivity index (χ0n) is 24.7. The number of nitrogens with one attached hydrogen (secondary N) is 1. The molecule has 42 heavy (non-hydrogen) atoms. The van der Waals surface area contributed by atoms with Gasteiger partial charge in [-0.05, 0) is 38.8 Å². The number of esters is 1. The number of methoxy groups -OCH3 is 1. The molecule has 0 bridgehead atoms. The number of hydrogen-bond donors (Lipinski definition) is 1. The number of benzene rings is 2. The van der Waals surface area contributed by atoms with E-state index in [-0.39, 0.29) is 50.0 Å². The van der Waals surface area contributed by atoms with E-state index in [0.29, 0.717) is 48.8 Å². The van der Waals surface area contributed by atoms with Gasteiger partial charge in [-0.3, -0.25) is 14.4 Å². The van der Waals surface area contributed by atoms with Crippen LogP contribution >= 0.6 is 0 Å². The molecular weight excluding hydrogens is 538 g/mol. The van der Waals surface area contributed by atoms with E-state index in [1.165, 1.54) is 11.8 Å². The molecule has 0 unspecified atom stereocenters. The standard InChI is InChI=1S/C31H39N5O6/c1-5-42-31(2,3)16-17-32-26(37)14-15-27(38)35-20-22-10-6-7-11-23(22)30-29(24-12-8-9-13-25(24)35)33-34-36(30)21-28(39)41-19-18-40-4/h6-13H,5,14-21H2,1-4H3,(H,32,37). The maximum Gasteiger partial charge on any atom is 0.327 e. The Balaban J connectivity index is 1.56. The lowest BCUT2D eigenvalue weighted by atomic mass is 9.95. The Morgan fingerprint density at radius 2 is 1.74 bits per heavy atom. The Morgan fingerprint density at radius 3 is 2.50 bits per heavy atom. The number of ether oxygens (including phenoxy) is 3. The van der Waals surface area contributed by atoms with Crippen LogP contribution in [0.5, 0.6) is 0 Å². The monoisotopic (exact) mass is 577 g/mol. The molecular formula is C31H39N5O6. The molecule has 1 aliphatic rings. The van der Waals surface area contributed by atoms with Gasteiger partial charge in [-0.1, -0.05) is 47.7 Å². The fraction of sp³-hybridized carbons (Fsp3) is 0.452. The summed E-state index contributed by atoms with van der Waals surface area (Å²) in [4.78, 5) is 40.5. The highest BCUT2D eigenvalue weighted by molar-refractivity contribution is 6.01. The first kappa shape index (κ1) is 30.9. The van der Waals surface area contributed by atoms with Gasteiger partial charge in [-0.2, -0.15) is 0 Å². The van der Waals surface area contributed by atoms with Gasteiger partial charge in [0, 0.05) is 44.2 Å². The number of carbonyl (C=O) groups is 3. The number of aromatic nitrogens is 3. The third-order valence-electron chi connectivity index (χ3n) is 7.07. The predicted octanol–water partition coefficient (Wildman–Crippen LogP) is 3.75. The number of rotatable bonds is 13. The lowest BCUT2D eigenvalue weighted by Gasteiger charge is -2.28. The number of amides is 2. The largest absolute Gasteiger partial charge is 0.462 e. The molecule has 224 valence electrons. The highest BCUT2D eigenvalue weighted by Crippen LogP contribution is 2.41. The van der Waals surface area contributed by atoms with Gasteiger partial charge in [0.1, 0.15) is 18.8 Å². The first-order valence-corrected chi connectivity index (χ1v) is 14.2. The van der Waals surface area contributed by atoms with Crippen molar-refractivity contribution in [2.24, 2.45) is 0 Å². The molecule has 0 spiro atoms. The van der Waals surface area contributed by atoms with Gasteiger partial charge >= 0.3 is 5.97 Å². The number of carbonyl (C=O) groups excluding carboxylic acids is 3. The summed E-state index contributed by atoms with van der Waals surface area (Å²) in [5.74, 6) is -0.817. The SMILES string of the molecule is CCOC(C)(C)CCNC(=O)CCC(=O)N1Cc2ccccc2-c2c(nnn2CC(=O)OCCOC)-c2ccccc21. The maximum absolute atomic E-state index is 13.7. The summed E-state index contributed by atoms with van der Waals surface area (Å²) in [6.07, 6.45) is 0.787. The third-order valence-corrected chi connectivity index (χ3v) is 7.07. The van der Waals surface area contributed by atoms with E-state index in [9.17, 15) is 14.4 Å². The zero-order chi connectivity index (χ0) is 30.1. The minimum absolute atomic E-state index is 0.0457. The molecule has 0 atom stereocenters. The summed E-state index contributed by atoms with van der Waals surface area (Å²) in [6.45, 7) is 7.59. The van der Waals surface area contributed by atoms with Crippen molar-refractivity contribution in [2.45, 2.75) is 58.7 Å². The molecule has 1 aromatic heterocycles. The first-order valence-electron chi connectivity index (χ1n) is 14.2. The molecule has 0 saturated carbocycles. The van der Waals surface area contributed by atoms with E-state index in [1.54, 1.807) is 4.90 Å². The number of nitrogens with zero attached hydrogens (tertiary/aromatic N) is 4. The summed E-state index contributed by atoms with van der Waals surface area (Å²) in [7, 11) is 1.54. The summed E-state index contributed by atoms with van der Waals surface area (Å²) < 4.78 is 17.4. The predicted molar refractivity (Wildman–Crippen MR) is 157 cm³/mol. The molecule has 0 saturated heterocycles. The third kappa shape index (κ3) is 7.59. The van der Waals surface area contributed by atoms with E-state index in [2.05, 4.69) is 15.6 Å². The fourth-order valence-electron chi connectivity index (χ4n) is 4.96. The van der Waals surface area contributed by atoms with Gasteiger partial charge in [0.05, 0.1) is 30.1 Å². The maximum atomic E-state index is 13.7. The Labute approximate surface area is 246 Å². The Morgan fingerprint density at radius 1 is 1.00 bits per heavy atom. The molecule has 11 heteroatoms. The molecule has 2 amide bonds. The van der Waals surface area contributed by atoms with E-state index in [0.717, 1.165) is 11.1 Å². The number of anilines is 1. The smallest absolute Gasteiger partial charge is 0.327 e. The van der Waals surface area contributed by atoms with Crippen LogP contribution in [0.1, 0.15) is 45.6 Å². The van der Waals surface area contributed by atoms with Crippen molar-refractivity contribution in [3.63, 3.8) is 0 Å². The van der Waals surface area contributed by atoms with Gasteiger partial charge in [0.25, 0.3) is 0 Å². The number of fused-ring (bicyclic) bond motifs is 5. The molecule has 1 N–H and O–H groups in total. The second-order valence-corrected chi connectivity index (χ2v) is 10.6. The van der Waals surface area contributed by atoms with Crippen LogP contribution in [-0.4, -0.2) is 71.9 Å². The lowest BCUT2D eigenvalue weighted by molar-refractivity contribution is -0.145. The van der Waals surface area contributed by atoms with Crippen molar-refractivity contribution in [2.75, 3.05) is 38.4 Å². The number of hydrogen-bond acceptors (Lipinski definition) is 8. The molecule has 1 aliphatic heterocycles. The van der Waals surface area contributed by atoms with Crippen molar-refractivity contribution in [1.82, 2.24) is 20.3 Å². The first-order chi connectivity index (χ1) is 20.2. The molecule has 2 aromatic carbocycles. The van der Waals surface area contributed by atoms with Crippen molar-refractivity contribution in [3.05, 3.63) is 54.1 Å². The van der Waals surface area contributed by atoms with E-state index >= 15 is 0 Å². The van der Waals surface area contributed by atoms with Crippen molar-refractivity contribution < 1.29 is 28.6 Å². The van der Waals surface area contributed by atoms with E-state index < -0.39 is 5.97 Å². The van der Waals surface area contributed by atoms with Crippen molar-refractivity contribution in [3.8, 4) is 22.5 Å². The highest BCUT2D eigenvalue weighted by Gasteiger charge is 2.29. The Bertz CT molecular complexity index is 1400. The quantitative estimate of drug-likeness (QED) is 0.241. The second-order valence-electron chi connectivity index (χ2n) is 10.6. The van der Waals surface area contributed by atoms with Crippen molar-refractivity contribution >= 4 is 23.5 Å². The van der Waals surface area contributed by atoms with Crippen LogP contribution in [-0.2, 0) is 41.7 Å². The lowest BCUT2D eigenvalue weighted by Crippen LogP contribution is -2.35. The molecule has 3 aromatic rings. The minimum atomic E-state index is -0.455. The molecule has 11 nitrogen and oxygen atoms in total. The van der Waals surface area contributed by atoms with Crippen LogP contribution in [0.25, 0.3) is 22.5 Å². The van der Waals surface area contributed by atoms with E-state index in [1.807, 2.05) is 69.3 Å². The molecule has 0 fully saturated rings. The normalized spacial score (nSPS) is 12.4. The van der Waals surface area contributed by atoms with Crippen LogP contribution in [0.3, 0.4) is 0 Å². The van der Waals surface area contributed by atoms with Crippen LogP contribution < -0.4 is 10.2 Å². The van der Waals surface area contributed by atoms with Gasteiger partial charge in [0.2, 0.25) is 11.8 Å².